The Labute approximate surface area is 92.4 Å². The summed E-state index contributed by atoms with van der Waals surface area (Å²) >= 11 is 0. The number of alkyl halides is 3. The third-order valence-electron chi connectivity index (χ3n) is 2.04. The first-order valence-electron chi connectivity index (χ1n) is 4.86. The van der Waals surface area contributed by atoms with E-state index in [0.717, 1.165) is 12.1 Å². The summed E-state index contributed by atoms with van der Waals surface area (Å²) in [6.07, 6.45) is -4.28. The smallest absolute Gasteiger partial charge is 0.383 e. The van der Waals surface area contributed by atoms with E-state index >= 15 is 0 Å². The highest BCUT2D eigenvalue weighted by Crippen LogP contribution is 2.29. The fourth-order valence-electron chi connectivity index (χ4n) is 1.33. The molecule has 0 aliphatic carbocycles. The molecule has 0 saturated heterocycles. The summed E-state index contributed by atoms with van der Waals surface area (Å²) in [5.41, 5.74) is 0.00925. The Morgan fingerprint density at radius 1 is 1.25 bits per heavy atom. The Morgan fingerprint density at radius 3 is 2.25 bits per heavy atom. The summed E-state index contributed by atoms with van der Waals surface area (Å²) < 4.78 is 41.7. The Morgan fingerprint density at radius 2 is 1.81 bits per heavy atom. The van der Waals surface area contributed by atoms with Gasteiger partial charge in [0.15, 0.2) is 0 Å². The molecule has 5 heteroatoms. The molecule has 1 atom stereocenters. The lowest BCUT2D eigenvalue weighted by Crippen LogP contribution is -2.20. The van der Waals surface area contributed by atoms with Crippen molar-refractivity contribution in [3.8, 4) is 0 Å². The maximum absolute atomic E-state index is 12.3. The molecule has 0 unspecified atom stereocenters. The van der Waals surface area contributed by atoms with Gasteiger partial charge in [-0.1, -0.05) is 0 Å². The van der Waals surface area contributed by atoms with Crippen molar-refractivity contribution in [2.24, 2.45) is 0 Å². The molecule has 0 aliphatic rings. The zero-order valence-electron chi connectivity index (χ0n) is 9.14. The van der Waals surface area contributed by atoms with Gasteiger partial charge in [0.2, 0.25) is 0 Å². The van der Waals surface area contributed by atoms with E-state index in [-0.39, 0.29) is 6.04 Å². The average Bonchev–Trinajstić information content (AvgIpc) is 2.17. The van der Waals surface area contributed by atoms with E-state index in [4.69, 9.17) is 4.74 Å². The predicted octanol–water partition coefficient (Wildman–Crippen LogP) is 3.15. The highest BCUT2D eigenvalue weighted by Gasteiger charge is 2.29. The van der Waals surface area contributed by atoms with E-state index in [1.807, 2.05) is 6.92 Å². The van der Waals surface area contributed by atoms with Crippen LogP contribution in [0.5, 0.6) is 0 Å². The van der Waals surface area contributed by atoms with Crippen molar-refractivity contribution >= 4 is 5.69 Å². The first-order valence-corrected chi connectivity index (χ1v) is 4.86. The van der Waals surface area contributed by atoms with E-state index in [1.165, 1.54) is 12.1 Å². The van der Waals surface area contributed by atoms with E-state index in [0.29, 0.717) is 12.3 Å². The predicted molar refractivity (Wildman–Crippen MR) is 56.4 cm³/mol. The van der Waals surface area contributed by atoms with Crippen LogP contribution in [0.4, 0.5) is 18.9 Å². The molecule has 0 bridgehead atoms. The molecule has 0 radical (unpaired) electrons. The summed E-state index contributed by atoms with van der Waals surface area (Å²) in [5, 5.41) is 3.03. The quantitative estimate of drug-likeness (QED) is 0.862. The van der Waals surface area contributed by atoms with E-state index in [9.17, 15) is 13.2 Å². The summed E-state index contributed by atoms with van der Waals surface area (Å²) in [5.74, 6) is 0. The minimum absolute atomic E-state index is 0.0572. The van der Waals surface area contributed by atoms with E-state index < -0.39 is 11.7 Å². The summed E-state index contributed by atoms with van der Waals surface area (Å²) in [6.45, 7) is 2.39. The molecule has 1 aromatic rings. The lowest BCUT2D eigenvalue weighted by molar-refractivity contribution is -0.137. The SMILES string of the molecule is COC[C@@H](C)Nc1ccc(C(F)(F)F)cc1. The number of anilines is 1. The second kappa shape index (κ2) is 5.21. The molecular formula is C11H14F3NO. The molecule has 1 rings (SSSR count). The number of methoxy groups -OCH3 is 1. The molecule has 0 amide bonds. The van der Waals surface area contributed by atoms with Crippen molar-refractivity contribution in [1.29, 1.82) is 0 Å². The van der Waals surface area contributed by atoms with Gasteiger partial charge in [0, 0.05) is 18.8 Å². The molecule has 90 valence electrons. The summed E-state index contributed by atoms with van der Waals surface area (Å²) in [6, 6.07) is 5.00. The monoisotopic (exact) mass is 233 g/mol. The molecule has 0 aliphatic heterocycles. The van der Waals surface area contributed by atoms with Crippen LogP contribution in [0.1, 0.15) is 12.5 Å². The lowest BCUT2D eigenvalue weighted by atomic mass is 10.2. The first-order chi connectivity index (χ1) is 7.43. The Hall–Kier alpha value is -1.23. The fraction of sp³-hybridized carbons (Fsp3) is 0.455. The van der Waals surface area contributed by atoms with Crippen LogP contribution in [0.2, 0.25) is 0 Å². The van der Waals surface area contributed by atoms with Gasteiger partial charge in [-0.2, -0.15) is 13.2 Å². The highest BCUT2D eigenvalue weighted by atomic mass is 19.4. The highest BCUT2D eigenvalue weighted by molar-refractivity contribution is 5.45. The normalized spacial score (nSPS) is 13.6. The zero-order chi connectivity index (χ0) is 12.2. The van der Waals surface area contributed by atoms with Crippen molar-refractivity contribution in [3.63, 3.8) is 0 Å². The van der Waals surface area contributed by atoms with E-state index in [1.54, 1.807) is 7.11 Å². The summed E-state index contributed by atoms with van der Waals surface area (Å²) in [7, 11) is 1.57. The van der Waals surface area contributed by atoms with Gasteiger partial charge in [0.1, 0.15) is 0 Å². The molecule has 0 spiro atoms. The van der Waals surface area contributed by atoms with Gasteiger partial charge in [0.05, 0.1) is 12.2 Å². The Bertz CT molecular complexity index is 321. The standard InChI is InChI=1S/C11H14F3NO/c1-8(7-16-2)15-10-5-3-9(4-6-10)11(12,13)14/h3-6,8,15H,7H2,1-2H3/t8-/m1/s1. The maximum atomic E-state index is 12.3. The van der Waals surface area contributed by atoms with Crippen LogP contribution in [-0.4, -0.2) is 19.8 Å². The molecule has 0 aromatic heterocycles. The molecule has 2 nitrogen and oxygen atoms in total. The molecule has 0 heterocycles. The maximum Gasteiger partial charge on any atom is 0.416 e. The number of rotatable bonds is 4. The molecular weight excluding hydrogens is 219 g/mol. The minimum Gasteiger partial charge on any atom is -0.383 e. The van der Waals surface area contributed by atoms with Crippen molar-refractivity contribution in [1.82, 2.24) is 0 Å². The average molecular weight is 233 g/mol. The van der Waals surface area contributed by atoms with Crippen LogP contribution in [0.25, 0.3) is 0 Å². The molecule has 1 aromatic carbocycles. The number of hydrogen-bond acceptors (Lipinski definition) is 2. The van der Waals surface area contributed by atoms with Crippen LogP contribution in [-0.2, 0) is 10.9 Å². The second-order valence-electron chi connectivity index (χ2n) is 3.58. The van der Waals surface area contributed by atoms with Gasteiger partial charge in [-0.25, -0.2) is 0 Å². The number of nitrogens with one attached hydrogen (secondary N) is 1. The van der Waals surface area contributed by atoms with Crippen LogP contribution >= 0.6 is 0 Å². The van der Waals surface area contributed by atoms with Crippen LogP contribution < -0.4 is 5.32 Å². The number of hydrogen-bond donors (Lipinski definition) is 1. The zero-order valence-corrected chi connectivity index (χ0v) is 9.14. The van der Waals surface area contributed by atoms with Crippen LogP contribution in [0.15, 0.2) is 24.3 Å². The largest absolute Gasteiger partial charge is 0.416 e. The number of halogens is 3. The van der Waals surface area contributed by atoms with Gasteiger partial charge < -0.3 is 10.1 Å². The Kier molecular flexibility index (Phi) is 4.18. The van der Waals surface area contributed by atoms with Crippen molar-refractivity contribution in [2.45, 2.75) is 19.1 Å². The van der Waals surface area contributed by atoms with E-state index in [2.05, 4.69) is 5.32 Å². The number of ether oxygens (including phenoxy) is 1. The molecule has 1 N–H and O–H groups in total. The minimum atomic E-state index is -4.28. The molecule has 0 saturated carbocycles. The third-order valence-corrected chi connectivity index (χ3v) is 2.04. The van der Waals surface area contributed by atoms with Gasteiger partial charge >= 0.3 is 6.18 Å². The van der Waals surface area contributed by atoms with Gasteiger partial charge in [0.25, 0.3) is 0 Å². The van der Waals surface area contributed by atoms with Crippen molar-refractivity contribution in [2.75, 3.05) is 19.0 Å². The fourth-order valence-corrected chi connectivity index (χ4v) is 1.33. The Balaban J connectivity index is 2.65. The molecule has 0 fully saturated rings. The third kappa shape index (κ3) is 3.73. The van der Waals surface area contributed by atoms with Crippen molar-refractivity contribution < 1.29 is 17.9 Å². The second-order valence-corrected chi connectivity index (χ2v) is 3.58. The van der Waals surface area contributed by atoms with Gasteiger partial charge in [-0.3, -0.25) is 0 Å². The van der Waals surface area contributed by atoms with Gasteiger partial charge in [-0.15, -0.1) is 0 Å². The topological polar surface area (TPSA) is 21.3 Å². The van der Waals surface area contributed by atoms with Crippen LogP contribution in [0, 0.1) is 0 Å². The van der Waals surface area contributed by atoms with Crippen LogP contribution in [0.3, 0.4) is 0 Å². The molecule has 16 heavy (non-hydrogen) atoms. The number of benzene rings is 1. The van der Waals surface area contributed by atoms with Crippen molar-refractivity contribution in [3.05, 3.63) is 29.8 Å². The lowest BCUT2D eigenvalue weighted by Gasteiger charge is -2.14. The van der Waals surface area contributed by atoms with Gasteiger partial charge in [-0.05, 0) is 31.2 Å². The first kappa shape index (κ1) is 12.8. The summed E-state index contributed by atoms with van der Waals surface area (Å²) in [4.78, 5) is 0.